The summed E-state index contributed by atoms with van der Waals surface area (Å²) in [6, 6.07) is 6.84. The Hall–Kier alpha value is -1.40. The molecule has 1 unspecified atom stereocenters. The van der Waals surface area contributed by atoms with E-state index in [1.165, 1.54) is 0 Å². The van der Waals surface area contributed by atoms with Crippen LogP contribution in [-0.4, -0.2) is 6.10 Å². The summed E-state index contributed by atoms with van der Waals surface area (Å²) in [6.07, 6.45) is -0.511. The van der Waals surface area contributed by atoms with E-state index in [1.807, 2.05) is 6.07 Å². The van der Waals surface area contributed by atoms with E-state index in [2.05, 4.69) is 0 Å². The molecule has 2 N–H and O–H groups in total. The van der Waals surface area contributed by atoms with Gasteiger partial charge in [-0.15, -0.1) is 0 Å². The lowest BCUT2D eigenvalue weighted by Crippen LogP contribution is -2.09. The second-order valence-electron chi connectivity index (χ2n) is 2.57. The van der Waals surface area contributed by atoms with E-state index in [-0.39, 0.29) is 0 Å². The first-order valence-electron chi connectivity index (χ1n) is 3.75. The summed E-state index contributed by atoms with van der Waals surface area (Å²) in [6.45, 7) is 1.65. The van der Waals surface area contributed by atoms with Crippen molar-refractivity contribution < 1.29 is 4.74 Å². The van der Waals surface area contributed by atoms with E-state index < -0.39 is 6.10 Å². The molecule has 0 spiro atoms. The maximum atomic E-state index is 8.50. The van der Waals surface area contributed by atoms with Crippen LogP contribution in [0.1, 0.15) is 6.92 Å². The first-order chi connectivity index (χ1) is 6.13. The molecule has 68 valence electrons. The van der Waals surface area contributed by atoms with Crippen molar-refractivity contribution in [3.63, 3.8) is 0 Å². The number of hydrogen-bond donors (Lipinski definition) is 1. The third-order valence-electron chi connectivity index (χ3n) is 1.46. The topological polar surface area (TPSA) is 59.0 Å². The molecule has 0 aromatic heterocycles. The van der Waals surface area contributed by atoms with Crippen LogP contribution in [0.4, 0.5) is 5.69 Å². The van der Waals surface area contributed by atoms with Crippen LogP contribution in [0.2, 0.25) is 5.02 Å². The zero-order valence-electron chi connectivity index (χ0n) is 7.12. The predicted molar refractivity (Wildman–Crippen MR) is 51.6 cm³/mol. The van der Waals surface area contributed by atoms with Crippen LogP contribution in [0.25, 0.3) is 0 Å². The van der Waals surface area contributed by atoms with Gasteiger partial charge in [0.25, 0.3) is 0 Å². The van der Waals surface area contributed by atoms with Crippen molar-refractivity contribution in [3.8, 4) is 11.8 Å². The Morgan fingerprint density at radius 2 is 2.31 bits per heavy atom. The molecule has 1 aromatic carbocycles. The van der Waals surface area contributed by atoms with Gasteiger partial charge in [-0.3, -0.25) is 0 Å². The van der Waals surface area contributed by atoms with Crippen molar-refractivity contribution in [3.05, 3.63) is 23.2 Å². The van der Waals surface area contributed by atoms with E-state index in [4.69, 9.17) is 27.3 Å². The molecule has 0 radical (unpaired) electrons. The summed E-state index contributed by atoms with van der Waals surface area (Å²) in [4.78, 5) is 0. The molecular formula is C9H9ClN2O. The van der Waals surface area contributed by atoms with Gasteiger partial charge in [-0.1, -0.05) is 11.6 Å². The number of ether oxygens (including phenoxy) is 1. The van der Waals surface area contributed by atoms with Crippen LogP contribution in [0.15, 0.2) is 18.2 Å². The predicted octanol–water partition coefficient (Wildman–Crippen LogP) is 2.21. The van der Waals surface area contributed by atoms with Gasteiger partial charge in [0.15, 0.2) is 6.10 Å². The van der Waals surface area contributed by atoms with E-state index in [9.17, 15) is 0 Å². The summed E-state index contributed by atoms with van der Waals surface area (Å²) in [5.41, 5.74) is 6.04. The molecule has 1 aromatic rings. The lowest BCUT2D eigenvalue weighted by Gasteiger charge is -2.09. The molecule has 0 aliphatic carbocycles. The molecule has 13 heavy (non-hydrogen) atoms. The van der Waals surface area contributed by atoms with Crippen molar-refractivity contribution >= 4 is 17.3 Å². The zero-order chi connectivity index (χ0) is 9.84. The molecule has 0 aliphatic heterocycles. The zero-order valence-corrected chi connectivity index (χ0v) is 7.88. The van der Waals surface area contributed by atoms with Crippen molar-refractivity contribution in [2.45, 2.75) is 13.0 Å². The molecule has 1 atom stereocenters. The Bertz CT molecular complexity index is 346. The van der Waals surface area contributed by atoms with E-state index in [1.54, 1.807) is 25.1 Å². The number of halogens is 1. The second-order valence-corrected chi connectivity index (χ2v) is 3.01. The van der Waals surface area contributed by atoms with Crippen molar-refractivity contribution in [2.24, 2.45) is 0 Å². The number of nitrogen functional groups attached to an aromatic ring is 1. The Morgan fingerprint density at radius 3 is 2.85 bits per heavy atom. The van der Waals surface area contributed by atoms with Crippen LogP contribution >= 0.6 is 11.6 Å². The molecule has 4 heteroatoms. The van der Waals surface area contributed by atoms with Gasteiger partial charge in [-0.05, 0) is 25.1 Å². The highest BCUT2D eigenvalue weighted by Gasteiger charge is 2.05. The second kappa shape index (κ2) is 4.01. The monoisotopic (exact) mass is 196 g/mol. The molecule has 0 aliphatic rings. The number of benzene rings is 1. The molecule has 3 nitrogen and oxygen atoms in total. The standard InChI is InChI=1S/C9H9ClN2O/c1-6(5-11)13-9-3-2-7(10)4-8(9)12/h2-4,6H,12H2,1H3. The first-order valence-corrected chi connectivity index (χ1v) is 4.12. The minimum atomic E-state index is -0.511. The smallest absolute Gasteiger partial charge is 0.181 e. The fraction of sp³-hybridized carbons (Fsp3) is 0.222. The highest BCUT2D eigenvalue weighted by Crippen LogP contribution is 2.25. The van der Waals surface area contributed by atoms with Crippen molar-refractivity contribution in [1.29, 1.82) is 5.26 Å². The third-order valence-corrected chi connectivity index (χ3v) is 1.69. The molecule has 0 bridgehead atoms. The molecule has 0 amide bonds. The van der Waals surface area contributed by atoms with Crippen molar-refractivity contribution in [1.82, 2.24) is 0 Å². The molecule has 0 saturated carbocycles. The number of nitrogens with two attached hydrogens (primary N) is 1. The van der Waals surface area contributed by atoms with E-state index in [0.29, 0.717) is 16.5 Å². The van der Waals surface area contributed by atoms with E-state index >= 15 is 0 Å². The van der Waals surface area contributed by atoms with Crippen LogP contribution in [0.5, 0.6) is 5.75 Å². The van der Waals surface area contributed by atoms with E-state index in [0.717, 1.165) is 0 Å². The lowest BCUT2D eigenvalue weighted by atomic mass is 10.3. The molecular weight excluding hydrogens is 188 g/mol. The molecule has 0 saturated heterocycles. The average molecular weight is 197 g/mol. The highest BCUT2D eigenvalue weighted by molar-refractivity contribution is 6.30. The van der Waals surface area contributed by atoms with Gasteiger partial charge >= 0.3 is 0 Å². The summed E-state index contributed by atoms with van der Waals surface area (Å²) in [5, 5.41) is 9.05. The Kier molecular flexibility index (Phi) is 2.99. The number of rotatable bonds is 2. The largest absolute Gasteiger partial charge is 0.474 e. The fourth-order valence-electron chi connectivity index (χ4n) is 0.843. The molecule has 0 fully saturated rings. The summed E-state index contributed by atoms with van der Waals surface area (Å²) < 4.78 is 5.20. The number of nitriles is 1. The van der Waals surface area contributed by atoms with Gasteiger partial charge in [0.05, 0.1) is 5.69 Å². The van der Waals surface area contributed by atoms with Gasteiger partial charge in [0, 0.05) is 5.02 Å². The number of anilines is 1. The normalized spacial score (nSPS) is 11.8. The minimum absolute atomic E-state index is 0.439. The lowest BCUT2D eigenvalue weighted by molar-refractivity contribution is 0.278. The van der Waals surface area contributed by atoms with Gasteiger partial charge in [-0.2, -0.15) is 5.26 Å². The third kappa shape index (κ3) is 2.53. The average Bonchev–Trinajstić information content (AvgIpc) is 2.09. The van der Waals surface area contributed by atoms with Crippen LogP contribution in [-0.2, 0) is 0 Å². The van der Waals surface area contributed by atoms with Gasteiger partial charge in [0.2, 0.25) is 0 Å². The fourth-order valence-corrected chi connectivity index (χ4v) is 1.02. The van der Waals surface area contributed by atoms with Gasteiger partial charge in [0.1, 0.15) is 11.8 Å². The summed E-state index contributed by atoms with van der Waals surface area (Å²) in [5.74, 6) is 0.485. The van der Waals surface area contributed by atoms with Crippen LogP contribution < -0.4 is 10.5 Å². The minimum Gasteiger partial charge on any atom is -0.474 e. The van der Waals surface area contributed by atoms with Gasteiger partial charge < -0.3 is 10.5 Å². The molecule has 1 rings (SSSR count). The summed E-state index contributed by atoms with van der Waals surface area (Å²) in [7, 11) is 0. The van der Waals surface area contributed by atoms with Crippen molar-refractivity contribution in [2.75, 3.05) is 5.73 Å². The maximum absolute atomic E-state index is 8.50. The highest BCUT2D eigenvalue weighted by atomic mass is 35.5. The van der Waals surface area contributed by atoms with Crippen LogP contribution in [0.3, 0.4) is 0 Å². The van der Waals surface area contributed by atoms with Crippen LogP contribution in [0, 0.1) is 11.3 Å². The number of nitrogens with zero attached hydrogens (tertiary/aromatic N) is 1. The Morgan fingerprint density at radius 1 is 1.62 bits per heavy atom. The molecule has 0 heterocycles. The SMILES string of the molecule is CC(C#N)Oc1ccc(Cl)cc1N. The first kappa shape index (κ1) is 9.69. The Balaban J connectivity index is 2.85. The number of hydrogen-bond acceptors (Lipinski definition) is 3. The van der Waals surface area contributed by atoms with Gasteiger partial charge in [-0.25, -0.2) is 0 Å². The summed E-state index contributed by atoms with van der Waals surface area (Å²) >= 11 is 5.69. The quantitative estimate of drug-likeness (QED) is 0.738. The maximum Gasteiger partial charge on any atom is 0.181 e. The Labute approximate surface area is 81.7 Å².